The van der Waals surface area contributed by atoms with Crippen molar-refractivity contribution in [2.45, 2.75) is 38.1 Å². The molecule has 2 unspecified atom stereocenters. The van der Waals surface area contributed by atoms with Gasteiger partial charge in [0.05, 0.1) is 6.07 Å². The maximum atomic E-state index is 9.20. The molecule has 5 heteroatoms. The van der Waals surface area contributed by atoms with Crippen LogP contribution in [0.2, 0.25) is 0 Å². The second-order valence-corrected chi connectivity index (χ2v) is 4.28. The highest BCUT2D eigenvalue weighted by Gasteiger charge is 2.34. The molecule has 0 radical (unpaired) electrons. The number of nitrogens with one attached hydrogen (secondary N) is 1. The van der Waals surface area contributed by atoms with E-state index in [0.717, 1.165) is 19.3 Å². The Labute approximate surface area is 90.1 Å². The van der Waals surface area contributed by atoms with Crippen molar-refractivity contribution in [1.82, 2.24) is 5.32 Å². The highest BCUT2D eigenvalue weighted by atomic mass is 15.1. The van der Waals surface area contributed by atoms with Gasteiger partial charge in [-0.3, -0.25) is 5.32 Å². The van der Waals surface area contributed by atoms with Gasteiger partial charge in [-0.2, -0.15) is 5.26 Å². The third-order valence-electron chi connectivity index (χ3n) is 2.95. The van der Waals surface area contributed by atoms with Gasteiger partial charge in [0, 0.05) is 18.0 Å². The summed E-state index contributed by atoms with van der Waals surface area (Å²) in [5.74, 6) is 0.602. The SMILES string of the molecule is CC1CCCC(C#N)(NCCN=[N+]=[N-])C1. The third-order valence-corrected chi connectivity index (χ3v) is 2.95. The fraction of sp³-hybridized carbons (Fsp3) is 0.900. The normalized spacial score (nSPS) is 30.3. The standard InChI is InChI=1S/C10H17N5/c1-9-3-2-4-10(7-9,8-11)13-5-6-14-15-12/h9,13H,2-7H2,1H3. The van der Waals surface area contributed by atoms with Crippen molar-refractivity contribution in [1.29, 1.82) is 5.26 Å². The summed E-state index contributed by atoms with van der Waals surface area (Å²) in [7, 11) is 0. The summed E-state index contributed by atoms with van der Waals surface area (Å²) >= 11 is 0. The Morgan fingerprint density at radius 2 is 2.53 bits per heavy atom. The third kappa shape index (κ3) is 3.43. The first-order chi connectivity index (χ1) is 7.22. The minimum absolute atomic E-state index is 0.386. The van der Waals surface area contributed by atoms with Crippen LogP contribution in [0, 0.1) is 17.2 Å². The van der Waals surface area contributed by atoms with Crippen LogP contribution in [0.1, 0.15) is 32.6 Å². The maximum Gasteiger partial charge on any atom is 0.107 e. The summed E-state index contributed by atoms with van der Waals surface area (Å²) < 4.78 is 0. The van der Waals surface area contributed by atoms with Crippen LogP contribution >= 0.6 is 0 Å². The van der Waals surface area contributed by atoms with E-state index >= 15 is 0 Å². The first-order valence-corrected chi connectivity index (χ1v) is 5.39. The van der Waals surface area contributed by atoms with Crippen molar-refractivity contribution >= 4 is 0 Å². The number of nitriles is 1. The van der Waals surface area contributed by atoms with E-state index in [1.807, 2.05) is 0 Å². The van der Waals surface area contributed by atoms with Crippen molar-refractivity contribution in [3.05, 3.63) is 10.4 Å². The van der Waals surface area contributed by atoms with Crippen molar-refractivity contribution < 1.29 is 0 Å². The number of rotatable bonds is 4. The van der Waals surface area contributed by atoms with Crippen LogP contribution in [0.15, 0.2) is 5.11 Å². The minimum atomic E-state index is -0.386. The number of azide groups is 1. The molecule has 1 rings (SSSR count). The molecule has 1 fully saturated rings. The molecule has 5 nitrogen and oxygen atoms in total. The van der Waals surface area contributed by atoms with Crippen LogP contribution in [-0.2, 0) is 0 Å². The zero-order chi connectivity index (χ0) is 11.1. The van der Waals surface area contributed by atoms with E-state index in [4.69, 9.17) is 5.53 Å². The summed E-state index contributed by atoms with van der Waals surface area (Å²) in [6, 6.07) is 2.38. The molecule has 2 atom stereocenters. The Morgan fingerprint density at radius 1 is 1.73 bits per heavy atom. The number of nitrogens with zero attached hydrogens (tertiary/aromatic N) is 4. The molecule has 0 saturated heterocycles. The lowest BCUT2D eigenvalue weighted by atomic mass is 9.77. The molecule has 82 valence electrons. The van der Waals surface area contributed by atoms with E-state index in [2.05, 4.69) is 28.3 Å². The van der Waals surface area contributed by atoms with Gasteiger partial charge in [0.25, 0.3) is 0 Å². The van der Waals surface area contributed by atoms with Gasteiger partial charge in [-0.05, 0) is 24.3 Å². The highest BCUT2D eigenvalue weighted by Crippen LogP contribution is 2.31. The smallest absolute Gasteiger partial charge is 0.107 e. The first-order valence-electron chi connectivity index (χ1n) is 5.39. The van der Waals surface area contributed by atoms with Gasteiger partial charge in [0.1, 0.15) is 5.54 Å². The van der Waals surface area contributed by atoms with Gasteiger partial charge in [0.2, 0.25) is 0 Å². The largest absolute Gasteiger partial charge is 0.299 e. The predicted octanol–water partition coefficient (Wildman–Crippen LogP) is 2.36. The lowest BCUT2D eigenvalue weighted by Crippen LogP contribution is -2.48. The monoisotopic (exact) mass is 207 g/mol. The number of hydrogen-bond donors (Lipinski definition) is 1. The van der Waals surface area contributed by atoms with Crippen molar-refractivity contribution in [2.75, 3.05) is 13.1 Å². The van der Waals surface area contributed by atoms with Gasteiger partial charge in [-0.1, -0.05) is 24.9 Å². The molecule has 0 aliphatic heterocycles. The Bertz CT molecular complexity index is 289. The number of hydrogen-bond acceptors (Lipinski definition) is 3. The van der Waals surface area contributed by atoms with Crippen LogP contribution in [0.4, 0.5) is 0 Å². The molecule has 0 bridgehead atoms. The van der Waals surface area contributed by atoms with E-state index in [0.29, 0.717) is 19.0 Å². The van der Waals surface area contributed by atoms with Crippen molar-refractivity contribution in [3.63, 3.8) is 0 Å². The molecule has 0 amide bonds. The summed E-state index contributed by atoms with van der Waals surface area (Å²) in [6.45, 7) is 3.18. The van der Waals surface area contributed by atoms with Gasteiger partial charge in [-0.25, -0.2) is 0 Å². The zero-order valence-electron chi connectivity index (χ0n) is 9.11. The maximum absolute atomic E-state index is 9.20. The molecule has 1 aliphatic rings. The summed E-state index contributed by atoms with van der Waals surface area (Å²) in [5.41, 5.74) is 7.75. The molecule has 0 aromatic rings. The zero-order valence-corrected chi connectivity index (χ0v) is 9.11. The topological polar surface area (TPSA) is 84.6 Å². The van der Waals surface area contributed by atoms with Gasteiger partial charge >= 0.3 is 0 Å². The molecule has 1 saturated carbocycles. The van der Waals surface area contributed by atoms with Crippen LogP contribution in [0.3, 0.4) is 0 Å². The van der Waals surface area contributed by atoms with E-state index in [-0.39, 0.29) is 5.54 Å². The molecule has 1 N–H and O–H groups in total. The summed E-state index contributed by atoms with van der Waals surface area (Å²) in [4.78, 5) is 2.68. The molecule has 0 spiro atoms. The van der Waals surface area contributed by atoms with Gasteiger partial charge in [-0.15, -0.1) is 0 Å². The van der Waals surface area contributed by atoms with E-state index in [1.54, 1.807) is 0 Å². The fourth-order valence-electron chi connectivity index (χ4n) is 2.24. The summed E-state index contributed by atoms with van der Waals surface area (Å²) in [6.07, 6.45) is 4.12. The van der Waals surface area contributed by atoms with Crippen LogP contribution in [0.25, 0.3) is 10.4 Å². The lowest BCUT2D eigenvalue weighted by molar-refractivity contribution is 0.243. The molecule has 1 aliphatic carbocycles. The molecular formula is C10H17N5. The predicted molar refractivity (Wildman–Crippen MR) is 58.0 cm³/mol. The average Bonchev–Trinajstić information content (AvgIpc) is 2.25. The van der Waals surface area contributed by atoms with E-state index in [1.165, 1.54) is 6.42 Å². The van der Waals surface area contributed by atoms with E-state index in [9.17, 15) is 5.26 Å². The lowest BCUT2D eigenvalue weighted by Gasteiger charge is -2.35. The second kappa shape index (κ2) is 5.59. The van der Waals surface area contributed by atoms with Crippen molar-refractivity contribution in [3.8, 4) is 6.07 Å². The molecule has 15 heavy (non-hydrogen) atoms. The Hall–Kier alpha value is -1.24. The summed E-state index contributed by atoms with van der Waals surface area (Å²) in [5, 5.41) is 15.9. The molecule has 0 heterocycles. The van der Waals surface area contributed by atoms with Crippen LogP contribution in [0.5, 0.6) is 0 Å². The van der Waals surface area contributed by atoms with Crippen LogP contribution in [-0.4, -0.2) is 18.6 Å². The Morgan fingerprint density at radius 3 is 3.13 bits per heavy atom. The minimum Gasteiger partial charge on any atom is -0.299 e. The fourth-order valence-corrected chi connectivity index (χ4v) is 2.24. The quantitative estimate of drug-likeness (QED) is 0.332. The first kappa shape index (κ1) is 11.8. The van der Waals surface area contributed by atoms with Crippen molar-refractivity contribution in [2.24, 2.45) is 11.0 Å². The molecular weight excluding hydrogens is 190 g/mol. The van der Waals surface area contributed by atoms with Gasteiger partial charge in [0.15, 0.2) is 0 Å². The molecule has 0 aromatic carbocycles. The average molecular weight is 207 g/mol. The Kier molecular flexibility index (Phi) is 4.41. The van der Waals surface area contributed by atoms with E-state index < -0.39 is 0 Å². The second-order valence-electron chi connectivity index (χ2n) is 4.28. The molecule has 0 aromatic heterocycles. The Balaban J connectivity index is 2.45. The van der Waals surface area contributed by atoms with Crippen LogP contribution < -0.4 is 5.32 Å². The van der Waals surface area contributed by atoms with Gasteiger partial charge < -0.3 is 0 Å². The highest BCUT2D eigenvalue weighted by molar-refractivity contribution is 5.09.